The summed E-state index contributed by atoms with van der Waals surface area (Å²) in [6.45, 7) is 0.579. The largest absolute Gasteiger partial charge is 0.389 e. The molecule has 4 atom stereocenters. The first-order valence-electron chi connectivity index (χ1n) is 3.46. The van der Waals surface area contributed by atoms with E-state index in [2.05, 4.69) is 5.32 Å². The predicted molar refractivity (Wildman–Crippen MR) is 32.4 cm³/mol. The Morgan fingerprint density at radius 2 is 2.40 bits per heavy atom. The van der Waals surface area contributed by atoms with Crippen LogP contribution in [-0.4, -0.2) is 42.7 Å². The van der Waals surface area contributed by atoms with Crippen LogP contribution in [0.3, 0.4) is 0 Å². The van der Waals surface area contributed by atoms with E-state index in [-0.39, 0.29) is 12.6 Å². The summed E-state index contributed by atoms with van der Waals surface area (Å²) in [4.78, 5) is 0. The van der Waals surface area contributed by atoms with Gasteiger partial charge in [-0.2, -0.15) is 0 Å². The van der Waals surface area contributed by atoms with Gasteiger partial charge in [-0.25, -0.2) is 4.39 Å². The summed E-state index contributed by atoms with van der Waals surface area (Å²) < 4.78 is 17.8. The summed E-state index contributed by atoms with van der Waals surface area (Å²) in [7, 11) is 0. The van der Waals surface area contributed by atoms with Crippen molar-refractivity contribution < 1.29 is 14.2 Å². The van der Waals surface area contributed by atoms with Gasteiger partial charge < -0.3 is 15.2 Å². The minimum absolute atomic E-state index is 0.171. The number of ether oxygens (including phenoxy) is 1. The second-order valence-corrected chi connectivity index (χ2v) is 2.82. The first kappa shape index (κ1) is 6.52. The summed E-state index contributed by atoms with van der Waals surface area (Å²) in [5.41, 5.74) is 0. The van der Waals surface area contributed by atoms with Crippen LogP contribution in [0, 0.1) is 0 Å². The van der Waals surface area contributed by atoms with Crippen LogP contribution in [0.1, 0.15) is 0 Å². The van der Waals surface area contributed by atoms with Gasteiger partial charge in [-0.1, -0.05) is 0 Å². The Hall–Kier alpha value is -0.190. The number of alkyl halides is 1. The number of fused-ring (bicyclic) bond motifs is 1. The van der Waals surface area contributed by atoms with Gasteiger partial charge >= 0.3 is 0 Å². The van der Waals surface area contributed by atoms with Crippen LogP contribution in [0.25, 0.3) is 0 Å². The number of nitrogens with one attached hydrogen (secondary N) is 1. The molecule has 0 aromatic heterocycles. The molecule has 58 valence electrons. The molecule has 0 saturated carbocycles. The van der Waals surface area contributed by atoms with Gasteiger partial charge in [0.15, 0.2) is 0 Å². The zero-order valence-corrected chi connectivity index (χ0v) is 5.46. The molecule has 0 spiro atoms. The molecule has 3 nitrogen and oxygen atoms in total. The molecule has 0 unspecified atom stereocenters. The highest BCUT2D eigenvalue weighted by atomic mass is 19.1. The van der Waals surface area contributed by atoms with E-state index < -0.39 is 18.4 Å². The SMILES string of the molecule is O[C@H]1CO[C@H]2[C@@H]1NC[C@H]2F. The number of aliphatic hydroxyl groups excluding tert-OH is 1. The minimum Gasteiger partial charge on any atom is -0.389 e. The fourth-order valence-electron chi connectivity index (χ4n) is 1.58. The molecular weight excluding hydrogens is 137 g/mol. The van der Waals surface area contributed by atoms with Crippen LogP contribution < -0.4 is 5.32 Å². The maximum absolute atomic E-state index is 12.8. The van der Waals surface area contributed by atoms with Crippen LogP contribution >= 0.6 is 0 Å². The molecule has 2 rings (SSSR count). The van der Waals surface area contributed by atoms with Gasteiger partial charge in [0.05, 0.1) is 18.8 Å². The summed E-state index contributed by atoms with van der Waals surface area (Å²) >= 11 is 0. The highest BCUT2D eigenvalue weighted by molar-refractivity contribution is 4.99. The van der Waals surface area contributed by atoms with Crippen molar-refractivity contribution in [2.45, 2.75) is 24.4 Å². The maximum Gasteiger partial charge on any atom is 0.140 e. The van der Waals surface area contributed by atoms with Gasteiger partial charge in [-0.3, -0.25) is 0 Å². The second kappa shape index (κ2) is 2.15. The van der Waals surface area contributed by atoms with Crippen LogP contribution in [0.2, 0.25) is 0 Å². The van der Waals surface area contributed by atoms with Gasteiger partial charge in [0, 0.05) is 6.54 Å². The summed E-state index contributed by atoms with van der Waals surface area (Å²) in [6.07, 6.45) is -1.87. The fourth-order valence-corrected chi connectivity index (χ4v) is 1.58. The summed E-state index contributed by atoms with van der Waals surface area (Å²) in [5.74, 6) is 0. The smallest absolute Gasteiger partial charge is 0.140 e. The highest BCUT2D eigenvalue weighted by Gasteiger charge is 2.45. The number of hydrogen-bond donors (Lipinski definition) is 2. The van der Waals surface area contributed by atoms with Crippen LogP contribution in [-0.2, 0) is 4.74 Å². The Morgan fingerprint density at radius 1 is 1.60 bits per heavy atom. The quantitative estimate of drug-likeness (QED) is 0.464. The molecule has 0 aliphatic carbocycles. The van der Waals surface area contributed by atoms with E-state index in [1.165, 1.54) is 0 Å². The molecule has 4 heteroatoms. The van der Waals surface area contributed by atoms with Gasteiger partial charge in [0.1, 0.15) is 12.3 Å². The van der Waals surface area contributed by atoms with E-state index in [0.717, 1.165) is 0 Å². The van der Waals surface area contributed by atoms with Crippen LogP contribution in [0.4, 0.5) is 4.39 Å². The van der Waals surface area contributed by atoms with Crippen molar-refractivity contribution in [2.75, 3.05) is 13.2 Å². The Bertz CT molecular complexity index is 128. The molecule has 0 bridgehead atoms. The minimum atomic E-state index is -0.942. The third kappa shape index (κ3) is 0.761. The second-order valence-electron chi connectivity index (χ2n) is 2.82. The molecule has 2 heterocycles. The van der Waals surface area contributed by atoms with Crippen molar-refractivity contribution in [1.29, 1.82) is 0 Å². The molecule has 0 radical (unpaired) electrons. The molecule has 0 aromatic carbocycles. The van der Waals surface area contributed by atoms with Gasteiger partial charge in [0.2, 0.25) is 0 Å². The first-order chi connectivity index (χ1) is 4.79. The van der Waals surface area contributed by atoms with Crippen molar-refractivity contribution in [1.82, 2.24) is 5.32 Å². The molecule has 2 N–H and O–H groups in total. The van der Waals surface area contributed by atoms with E-state index in [4.69, 9.17) is 9.84 Å². The molecule has 0 amide bonds. The van der Waals surface area contributed by atoms with Crippen molar-refractivity contribution >= 4 is 0 Å². The maximum atomic E-state index is 12.8. The average molecular weight is 147 g/mol. The monoisotopic (exact) mass is 147 g/mol. The molecule has 2 aliphatic heterocycles. The number of halogens is 1. The van der Waals surface area contributed by atoms with Crippen molar-refractivity contribution in [3.05, 3.63) is 0 Å². The normalized spacial score (nSPS) is 53.4. The van der Waals surface area contributed by atoms with Crippen LogP contribution in [0.5, 0.6) is 0 Å². The third-order valence-corrected chi connectivity index (χ3v) is 2.13. The van der Waals surface area contributed by atoms with E-state index in [1.807, 2.05) is 0 Å². The lowest BCUT2D eigenvalue weighted by Gasteiger charge is -2.09. The molecular formula is C6H10FNO2. The lowest BCUT2D eigenvalue weighted by Crippen LogP contribution is -2.36. The van der Waals surface area contributed by atoms with Crippen molar-refractivity contribution in [2.24, 2.45) is 0 Å². The Labute approximate surface area is 58.2 Å². The zero-order valence-electron chi connectivity index (χ0n) is 5.46. The third-order valence-electron chi connectivity index (χ3n) is 2.13. The van der Waals surface area contributed by atoms with E-state index >= 15 is 0 Å². The zero-order chi connectivity index (χ0) is 7.14. The standard InChI is InChI=1S/C6H10FNO2/c7-3-1-8-5-4(9)2-10-6(3)5/h3-6,8-9H,1-2H2/t3-,4+,5-,6-/m1/s1. The Balaban J connectivity index is 2.09. The molecule has 10 heavy (non-hydrogen) atoms. The number of hydrogen-bond acceptors (Lipinski definition) is 3. The molecule has 0 aromatic rings. The summed E-state index contributed by atoms with van der Waals surface area (Å²) in [5, 5.41) is 12.0. The Kier molecular flexibility index (Phi) is 1.40. The highest BCUT2D eigenvalue weighted by Crippen LogP contribution is 2.23. The topological polar surface area (TPSA) is 41.5 Å². The van der Waals surface area contributed by atoms with Gasteiger partial charge in [0.25, 0.3) is 0 Å². The van der Waals surface area contributed by atoms with Gasteiger partial charge in [-0.15, -0.1) is 0 Å². The van der Waals surface area contributed by atoms with Crippen LogP contribution in [0.15, 0.2) is 0 Å². The number of aliphatic hydroxyl groups is 1. The van der Waals surface area contributed by atoms with Crippen molar-refractivity contribution in [3.63, 3.8) is 0 Å². The van der Waals surface area contributed by atoms with E-state index in [9.17, 15) is 4.39 Å². The lowest BCUT2D eigenvalue weighted by atomic mass is 10.1. The first-order valence-corrected chi connectivity index (χ1v) is 3.46. The predicted octanol–water partition coefficient (Wildman–Crippen LogP) is -0.944. The molecule has 2 saturated heterocycles. The number of rotatable bonds is 0. The summed E-state index contributed by atoms with van der Waals surface area (Å²) in [6, 6.07) is -0.171. The molecule has 2 fully saturated rings. The van der Waals surface area contributed by atoms with Gasteiger partial charge in [-0.05, 0) is 0 Å². The molecule has 2 aliphatic rings. The average Bonchev–Trinajstić information content (AvgIpc) is 2.41. The van der Waals surface area contributed by atoms with E-state index in [0.29, 0.717) is 6.54 Å². The van der Waals surface area contributed by atoms with Crippen molar-refractivity contribution in [3.8, 4) is 0 Å². The van der Waals surface area contributed by atoms with E-state index in [1.54, 1.807) is 0 Å². The Morgan fingerprint density at radius 3 is 3.10 bits per heavy atom. The fraction of sp³-hybridized carbons (Fsp3) is 1.00. The lowest BCUT2D eigenvalue weighted by molar-refractivity contribution is 0.0496.